The van der Waals surface area contributed by atoms with E-state index in [1.807, 2.05) is 30.3 Å². The molecular weight excluding hydrogens is 252 g/mol. The molecule has 2 rings (SSSR count). The Bertz CT molecular complexity index is 569. The number of aromatic nitrogens is 1. The first-order chi connectivity index (χ1) is 9.65. The smallest absolute Gasteiger partial charge is 0.145 e. The second kappa shape index (κ2) is 6.68. The minimum atomic E-state index is 0.0881. The summed E-state index contributed by atoms with van der Waals surface area (Å²) in [5.74, 6) is 1.17. The number of nitrogens with one attached hydrogen (secondary N) is 1. The van der Waals surface area contributed by atoms with Gasteiger partial charge in [-0.3, -0.25) is 0 Å². The van der Waals surface area contributed by atoms with Gasteiger partial charge in [0, 0.05) is 18.0 Å². The van der Waals surface area contributed by atoms with Crippen molar-refractivity contribution in [3.8, 4) is 5.75 Å². The third-order valence-electron chi connectivity index (χ3n) is 3.51. The molecule has 0 bridgehead atoms. The van der Waals surface area contributed by atoms with E-state index in [0.717, 1.165) is 22.3 Å². The van der Waals surface area contributed by atoms with Crippen molar-refractivity contribution < 1.29 is 9.84 Å². The zero-order chi connectivity index (χ0) is 14.5. The largest absolute Gasteiger partial charge is 0.494 e. The molecule has 1 heterocycles. The Labute approximate surface area is 119 Å². The summed E-state index contributed by atoms with van der Waals surface area (Å²) in [7, 11) is 1.65. The molecule has 4 nitrogen and oxygen atoms in total. The van der Waals surface area contributed by atoms with E-state index >= 15 is 0 Å². The number of para-hydroxylation sites is 1. The molecule has 0 aliphatic heterocycles. The van der Waals surface area contributed by atoms with E-state index in [0.29, 0.717) is 12.5 Å². The van der Waals surface area contributed by atoms with Gasteiger partial charge in [0.2, 0.25) is 0 Å². The fourth-order valence-electron chi connectivity index (χ4n) is 2.17. The Morgan fingerprint density at radius 1 is 1.25 bits per heavy atom. The number of fused-ring (bicyclic) bond motifs is 1. The van der Waals surface area contributed by atoms with Crippen molar-refractivity contribution in [2.24, 2.45) is 5.92 Å². The average Bonchev–Trinajstić information content (AvgIpc) is 2.46. The summed E-state index contributed by atoms with van der Waals surface area (Å²) in [6.07, 6.45) is 0. The summed E-state index contributed by atoms with van der Waals surface area (Å²) in [5.41, 5.74) is 1.82. The Balaban J connectivity index is 2.19. The molecular formula is C16H22N2O2. The molecule has 20 heavy (non-hydrogen) atoms. The molecule has 0 spiro atoms. The van der Waals surface area contributed by atoms with Gasteiger partial charge in [0.15, 0.2) is 0 Å². The number of rotatable bonds is 6. The summed E-state index contributed by atoms with van der Waals surface area (Å²) >= 11 is 0. The van der Waals surface area contributed by atoms with E-state index in [-0.39, 0.29) is 12.6 Å². The van der Waals surface area contributed by atoms with Gasteiger partial charge in [-0.25, -0.2) is 4.98 Å². The number of hydrogen-bond acceptors (Lipinski definition) is 4. The first-order valence-corrected chi connectivity index (χ1v) is 6.92. The highest BCUT2D eigenvalue weighted by Gasteiger charge is 2.11. The van der Waals surface area contributed by atoms with Crippen LogP contribution in [-0.4, -0.2) is 29.8 Å². The van der Waals surface area contributed by atoms with Crippen molar-refractivity contribution in [1.29, 1.82) is 0 Å². The Morgan fingerprint density at radius 3 is 2.70 bits per heavy atom. The van der Waals surface area contributed by atoms with Gasteiger partial charge in [-0.2, -0.15) is 0 Å². The summed E-state index contributed by atoms with van der Waals surface area (Å²) in [6, 6.07) is 10.0. The summed E-state index contributed by atoms with van der Waals surface area (Å²) in [6.45, 7) is 4.95. The number of hydrogen-bond donors (Lipinski definition) is 2. The normalized spacial score (nSPS) is 12.8. The molecule has 0 aliphatic carbocycles. The molecule has 1 aromatic carbocycles. The van der Waals surface area contributed by atoms with E-state index in [1.54, 1.807) is 7.11 Å². The summed E-state index contributed by atoms with van der Waals surface area (Å²) < 4.78 is 5.34. The predicted molar refractivity (Wildman–Crippen MR) is 80.8 cm³/mol. The van der Waals surface area contributed by atoms with Crippen molar-refractivity contribution in [3.05, 3.63) is 36.0 Å². The maximum atomic E-state index is 9.33. The summed E-state index contributed by atoms with van der Waals surface area (Å²) in [4.78, 5) is 4.64. The second-order valence-electron chi connectivity index (χ2n) is 5.25. The Morgan fingerprint density at radius 2 is 2.05 bits per heavy atom. The van der Waals surface area contributed by atoms with Gasteiger partial charge in [0.25, 0.3) is 0 Å². The highest BCUT2D eigenvalue weighted by molar-refractivity contribution is 5.84. The van der Waals surface area contributed by atoms with Crippen LogP contribution in [0, 0.1) is 5.92 Å². The molecule has 1 aromatic heterocycles. The van der Waals surface area contributed by atoms with E-state index in [9.17, 15) is 5.11 Å². The number of aliphatic hydroxyl groups excluding tert-OH is 1. The monoisotopic (exact) mass is 274 g/mol. The topological polar surface area (TPSA) is 54.4 Å². The number of pyridine rings is 1. The van der Waals surface area contributed by atoms with Crippen LogP contribution in [0.5, 0.6) is 5.75 Å². The van der Waals surface area contributed by atoms with E-state index in [2.05, 4.69) is 24.1 Å². The molecule has 4 heteroatoms. The zero-order valence-electron chi connectivity index (χ0n) is 12.3. The maximum Gasteiger partial charge on any atom is 0.145 e. The fraction of sp³-hybridized carbons (Fsp3) is 0.438. The quantitative estimate of drug-likeness (QED) is 0.849. The highest BCUT2D eigenvalue weighted by atomic mass is 16.5. The van der Waals surface area contributed by atoms with Crippen molar-refractivity contribution in [2.45, 2.75) is 26.4 Å². The first kappa shape index (κ1) is 14.8. The Hall–Kier alpha value is -1.65. The Kier molecular flexibility index (Phi) is 4.93. The number of aliphatic hydroxyl groups is 1. The van der Waals surface area contributed by atoms with Crippen molar-refractivity contribution in [3.63, 3.8) is 0 Å². The van der Waals surface area contributed by atoms with Crippen molar-refractivity contribution in [1.82, 2.24) is 10.3 Å². The molecule has 1 unspecified atom stereocenters. The SMILES string of the molecule is COc1cccc2ccc(CNC(CO)C(C)C)nc12. The van der Waals surface area contributed by atoms with Crippen LogP contribution < -0.4 is 10.1 Å². The van der Waals surface area contributed by atoms with Gasteiger partial charge >= 0.3 is 0 Å². The van der Waals surface area contributed by atoms with Crippen LogP contribution in [0.2, 0.25) is 0 Å². The van der Waals surface area contributed by atoms with Crippen LogP contribution in [0.1, 0.15) is 19.5 Å². The van der Waals surface area contributed by atoms with Crippen LogP contribution in [0.3, 0.4) is 0 Å². The average molecular weight is 274 g/mol. The number of methoxy groups -OCH3 is 1. The maximum absolute atomic E-state index is 9.33. The molecule has 0 amide bonds. The molecule has 0 aliphatic rings. The molecule has 2 N–H and O–H groups in total. The van der Waals surface area contributed by atoms with Crippen LogP contribution in [0.15, 0.2) is 30.3 Å². The van der Waals surface area contributed by atoms with Gasteiger partial charge in [-0.1, -0.05) is 32.0 Å². The third kappa shape index (κ3) is 3.26. The number of ether oxygens (including phenoxy) is 1. The highest BCUT2D eigenvalue weighted by Crippen LogP contribution is 2.23. The lowest BCUT2D eigenvalue weighted by Crippen LogP contribution is -2.36. The second-order valence-corrected chi connectivity index (χ2v) is 5.25. The van der Waals surface area contributed by atoms with Gasteiger partial charge in [-0.05, 0) is 18.1 Å². The van der Waals surface area contributed by atoms with E-state index in [1.165, 1.54) is 0 Å². The van der Waals surface area contributed by atoms with Crippen LogP contribution in [0.25, 0.3) is 10.9 Å². The van der Waals surface area contributed by atoms with Gasteiger partial charge < -0.3 is 15.2 Å². The lowest BCUT2D eigenvalue weighted by Gasteiger charge is -2.19. The molecule has 0 radical (unpaired) electrons. The van der Waals surface area contributed by atoms with E-state index in [4.69, 9.17) is 4.74 Å². The number of nitrogens with zero attached hydrogens (tertiary/aromatic N) is 1. The zero-order valence-corrected chi connectivity index (χ0v) is 12.3. The fourth-order valence-corrected chi connectivity index (χ4v) is 2.17. The number of benzene rings is 1. The minimum Gasteiger partial charge on any atom is -0.494 e. The molecule has 2 aromatic rings. The molecule has 0 saturated heterocycles. The lowest BCUT2D eigenvalue weighted by atomic mass is 10.1. The van der Waals surface area contributed by atoms with Gasteiger partial charge in [-0.15, -0.1) is 0 Å². The first-order valence-electron chi connectivity index (χ1n) is 6.92. The van der Waals surface area contributed by atoms with Gasteiger partial charge in [0.05, 0.1) is 19.4 Å². The van der Waals surface area contributed by atoms with Gasteiger partial charge in [0.1, 0.15) is 11.3 Å². The molecule has 0 fully saturated rings. The molecule has 0 saturated carbocycles. The van der Waals surface area contributed by atoms with Crippen molar-refractivity contribution >= 4 is 10.9 Å². The minimum absolute atomic E-state index is 0.0881. The standard InChI is InChI=1S/C16H22N2O2/c1-11(2)14(10-19)17-9-13-8-7-12-5-4-6-15(20-3)16(12)18-13/h4-8,11,14,17,19H,9-10H2,1-3H3. The predicted octanol–water partition coefficient (Wildman–Crippen LogP) is 2.35. The molecule has 108 valence electrons. The van der Waals surface area contributed by atoms with Crippen LogP contribution in [0.4, 0.5) is 0 Å². The van der Waals surface area contributed by atoms with Crippen molar-refractivity contribution in [2.75, 3.05) is 13.7 Å². The summed E-state index contributed by atoms with van der Waals surface area (Å²) in [5, 5.41) is 13.7. The molecule has 1 atom stereocenters. The lowest BCUT2D eigenvalue weighted by molar-refractivity contribution is 0.209. The van der Waals surface area contributed by atoms with Crippen LogP contribution >= 0.6 is 0 Å². The van der Waals surface area contributed by atoms with Crippen LogP contribution in [-0.2, 0) is 6.54 Å². The van der Waals surface area contributed by atoms with E-state index < -0.39 is 0 Å². The third-order valence-corrected chi connectivity index (χ3v) is 3.51.